The van der Waals surface area contributed by atoms with E-state index in [1.54, 1.807) is 0 Å². The summed E-state index contributed by atoms with van der Waals surface area (Å²) in [5, 5.41) is 0. The van der Waals surface area contributed by atoms with E-state index in [1.807, 2.05) is 0 Å². The fourth-order valence-corrected chi connectivity index (χ4v) is 0.860. The highest BCUT2D eigenvalue weighted by atomic mass is 19.3. The smallest absolute Gasteiger partial charge is 0.262 e. The van der Waals surface area contributed by atoms with Crippen molar-refractivity contribution in [2.45, 2.75) is 19.4 Å². The predicted octanol–water partition coefficient (Wildman–Crippen LogP) is 1.35. The lowest BCUT2D eigenvalue weighted by Crippen LogP contribution is -2.19. The Balaban J connectivity index is 2.81. The molecular weight excluding hydrogens is 166 g/mol. The molecule has 0 aliphatic heterocycles. The molecule has 0 radical (unpaired) electrons. The molecule has 0 aliphatic carbocycles. The highest BCUT2D eigenvalue weighted by molar-refractivity contribution is 5.71. The van der Waals surface area contributed by atoms with Gasteiger partial charge in [-0.25, -0.2) is 13.8 Å². The maximum Gasteiger partial charge on any atom is 0.262 e. The molecule has 0 N–H and O–H groups in total. The first-order valence-corrected chi connectivity index (χ1v) is 3.36. The third kappa shape index (κ3) is 2.11. The molecule has 0 spiro atoms. The lowest BCUT2D eigenvalue weighted by molar-refractivity contribution is 0.00356. The Kier molecular flexibility index (Phi) is 2.21. The number of hydrogen-bond acceptors (Lipinski definition) is 2. The molecule has 1 rings (SSSR count). The van der Waals surface area contributed by atoms with Gasteiger partial charge in [-0.3, -0.25) is 4.79 Å². The van der Waals surface area contributed by atoms with Crippen molar-refractivity contribution in [3.05, 3.63) is 18.2 Å². The van der Waals surface area contributed by atoms with Crippen molar-refractivity contribution < 1.29 is 13.6 Å². The Bertz CT molecular complexity index is 277. The summed E-state index contributed by atoms with van der Waals surface area (Å²) in [5.41, 5.74) is 0.163. The molecule has 1 heterocycles. The molecule has 3 nitrogen and oxygen atoms in total. The van der Waals surface area contributed by atoms with Crippen LogP contribution < -0.4 is 0 Å². The number of rotatable bonds is 3. The Morgan fingerprint density at radius 3 is 2.92 bits per heavy atom. The molecular formula is C7H8F2N2O. The molecule has 1 aromatic rings. The average molecular weight is 174 g/mol. The number of halogens is 2. The average Bonchev–Trinajstić information content (AvgIpc) is 2.31. The zero-order valence-electron chi connectivity index (χ0n) is 6.50. The van der Waals surface area contributed by atoms with E-state index in [0.29, 0.717) is 6.29 Å². The second-order valence-electron chi connectivity index (χ2n) is 2.63. The number of aromatic nitrogens is 2. The number of carbonyl (C=O) groups excluding carboxylic acids is 1. The van der Waals surface area contributed by atoms with Crippen LogP contribution >= 0.6 is 0 Å². The highest BCUT2D eigenvalue weighted by Crippen LogP contribution is 2.15. The molecule has 0 fully saturated rings. The van der Waals surface area contributed by atoms with Crippen LogP contribution in [0.2, 0.25) is 0 Å². The lowest BCUT2D eigenvalue weighted by atomic mass is 10.3. The summed E-state index contributed by atoms with van der Waals surface area (Å²) in [6.07, 6.45) is 2.96. The minimum Gasteiger partial charge on any atom is -0.322 e. The van der Waals surface area contributed by atoms with Gasteiger partial charge in [0.05, 0.1) is 19.1 Å². The molecule has 12 heavy (non-hydrogen) atoms. The first kappa shape index (κ1) is 8.83. The van der Waals surface area contributed by atoms with Crippen molar-refractivity contribution in [3.63, 3.8) is 0 Å². The number of imidazole rings is 1. The molecule has 5 heteroatoms. The van der Waals surface area contributed by atoms with Crippen molar-refractivity contribution >= 4 is 6.29 Å². The van der Waals surface area contributed by atoms with Gasteiger partial charge in [-0.1, -0.05) is 0 Å². The maximum atomic E-state index is 12.4. The van der Waals surface area contributed by atoms with Crippen LogP contribution in [-0.4, -0.2) is 21.8 Å². The van der Waals surface area contributed by atoms with Gasteiger partial charge in [-0.05, 0) is 0 Å². The SMILES string of the molecule is CC(F)(F)Cn1cncc1C=O. The largest absolute Gasteiger partial charge is 0.322 e. The first-order chi connectivity index (χ1) is 5.53. The topological polar surface area (TPSA) is 34.9 Å². The van der Waals surface area contributed by atoms with Crippen LogP contribution in [0, 0.1) is 0 Å². The van der Waals surface area contributed by atoms with Gasteiger partial charge in [0.2, 0.25) is 0 Å². The van der Waals surface area contributed by atoms with E-state index in [4.69, 9.17) is 0 Å². The van der Waals surface area contributed by atoms with Crippen LogP contribution in [-0.2, 0) is 6.54 Å². The van der Waals surface area contributed by atoms with Crippen LogP contribution in [0.5, 0.6) is 0 Å². The predicted molar refractivity (Wildman–Crippen MR) is 38.2 cm³/mol. The number of hydrogen-bond donors (Lipinski definition) is 0. The molecule has 0 saturated carbocycles. The Hall–Kier alpha value is -1.26. The van der Waals surface area contributed by atoms with E-state index >= 15 is 0 Å². The highest BCUT2D eigenvalue weighted by Gasteiger charge is 2.22. The minimum absolute atomic E-state index is 0.163. The number of aldehydes is 1. The van der Waals surface area contributed by atoms with Gasteiger partial charge in [-0.15, -0.1) is 0 Å². The third-order valence-corrected chi connectivity index (χ3v) is 1.31. The van der Waals surface area contributed by atoms with E-state index in [9.17, 15) is 13.6 Å². The summed E-state index contributed by atoms with van der Waals surface area (Å²) in [7, 11) is 0. The Morgan fingerprint density at radius 1 is 1.75 bits per heavy atom. The van der Waals surface area contributed by atoms with Crippen LogP contribution in [0.25, 0.3) is 0 Å². The van der Waals surface area contributed by atoms with Crippen LogP contribution in [0.15, 0.2) is 12.5 Å². The molecule has 0 aromatic carbocycles. The van der Waals surface area contributed by atoms with Gasteiger partial charge in [-0.2, -0.15) is 0 Å². The van der Waals surface area contributed by atoms with Gasteiger partial charge < -0.3 is 4.57 Å². The quantitative estimate of drug-likeness (QED) is 0.648. The third-order valence-electron chi connectivity index (χ3n) is 1.31. The Morgan fingerprint density at radius 2 is 2.42 bits per heavy atom. The number of carbonyl (C=O) groups is 1. The summed E-state index contributed by atoms with van der Waals surface area (Å²) in [4.78, 5) is 13.8. The van der Waals surface area contributed by atoms with Crippen molar-refractivity contribution in [3.8, 4) is 0 Å². The van der Waals surface area contributed by atoms with Crippen molar-refractivity contribution in [2.24, 2.45) is 0 Å². The van der Waals surface area contributed by atoms with E-state index in [0.717, 1.165) is 11.5 Å². The molecule has 1 aromatic heterocycles. The van der Waals surface area contributed by atoms with Crippen molar-refractivity contribution in [1.82, 2.24) is 9.55 Å². The van der Waals surface area contributed by atoms with Gasteiger partial charge in [0, 0.05) is 6.92 Å². The van der Waals surface area contributed by atoms with Crippen LogP contribution in [0.3, 0.4) is 0 Å². The maximum absolute atomic E-state index is 12.4. The van der Waals surface area contributed by atoms with E-state index in [2.05, 4.69) is 4.98 Å². The molecule has 66 valence electrons. The van der Waals surface area contributed by atoms with Gasteiger partial charge in [0.15, 0.2) is 6.29 Å². The minimum atomic E-state index is -2.82. The Labute approximate surface area is 68.0 Å². The molecule has 0 aliphatic rings. The summed E-state index contributed by atoms with van der Waals surface area (Å²) < 4.78 is 26.0. The fourth-order valence-electron chi connectivity index (χ4n) is 0.860. The van der Waals surface area contributed by atoms with Crippen LogP contribution in [0.1, 0.15) is 17.4 Å². The zero-order valence-corrected chi connectivity index (χ0v) is 6.50. The lowest BCUT2D eigenvalue weighted by Gasteiger charge is -2.11. The standard InChI is InChI=1S/C7H8F2N2O/c1-7(8,9)4-11-5-10-2-6(11)3-12/h2-3,5H,4H2,1H3. The fraction of sp³-hybridized carbons (Fsp3) is 0.429. The van der Waals surface area contributed by atoms with Crippen molar-refractivity contribution in [2.75, 3.05) is 0 Å². The second-order valence-corrected chi connectivity index (χ2v) is 2.63. The van der Waals surface area contributed by atoms with E-state index < -0.39 is 12.5 Å². The van der Waals surface area contributed by atoms with Crippen molar-refractivity contribution in [1.29, 1.82) is 0 Å². The van der Waals surface area contributed by atoms with Gasteiger partial charge in [0.1, 0.15) is 5.69 Å². The first-order valence-electron chi connectivity index (χ1n) is 3.36. The normalized spacial score (nSPS) is 11.6. The monoisotopic (exact) mass is 174 g/mol. The molecule has 0 unspecified atom stereocenters. The van der Waals surface area contributed by atoms with E-state index in [-0.39, 0.29) is 5.69 Å². The van der Waals surface area contributed by atoms with Crippen LogP contribution in [0.4, 0.5) is 8.78 Å². The zero-order chi connectivity index (χ0) is 9.19. The summed E-state index contributed by atoms with van der Waals surface area (Å²) >= 11 is 0. The van der Waals surface area contributed by atoms with Gasteiger partial charge >= 0.3 is 0 Å². The van der Waals surface area contributed by atoms with Gasteiger partial charge in [0.25, 0.3) is 5.92 Å². The number of nitrogens with zero attached hydrogens (tertiary/aromatic N) is 2. The summed E-state index contributed by atoms with van der Waals surface area (Å²) in [6.45, 7) is 0.280. The molecule has 0 bridgehead atoms. The summed E-state index contributed by atoms with van der Waals surface area (Å²) in [5.74, 6) is -2.82. The number of alkyl halides is 2. The summed E-state index contributed by atoms with van der Waals surface area (Å²) in [6, 6.07) is 0. The molecule has 0 atom stereocenters. The molecule has 0 saturated heterocycles. The molecule has 0 amide bonds. The second kappa shape index (κ2) is 3.00. The van der Waals surface area contributed by atoms with E-state index in [1.165, 1.54) is 12.5 Å².